The second-order valence-corrected chi connectivity index (χ2v) is 6.78. The van der Waals surface area contributed by atoms with Crippen LogP contribution in [0.5, 0.6) is 17.4 Å². The first-order valence-electron chi connectivity index (χ1n) is 9.49. The van der Waals surface area contributed by atoms with Gasteiger partial charge in [0.15, 0.2) is 0 Å². The van der Waals surface area contributed by atoms with Crippen LogP contribution in [0.4, 0.5) is 5.69 Å². The number of rotatable bonds is 8. The van der Waals surface area contributed by atoms with Gasteiger partial charge >= 0.3 is 0 Å². The molecule has 1 aromatic heterocycles. The van der Waals surface area contributed by atoms with E-state index in [9.17, 15) is 4.79 Å². The summed E-state index contributed by atoms with van der Waals surface area (Å²) >= 11 is 0. The molecule has 1 heterocycles. The average Bonchev–Trinajstić information content (AvgIpc) is 3.53. The van der Waals surface area contributed by atoms with E-state index in [0.717, 1.165) is 11.3 Å². The Morgan fingerprint density at radius 3 is 2.82 bits per heavy atom. The minimum Gasteiger partial charge on any atom is -0.492 e. The fourth-order valence-electron chi connectivity index (χ4n) is 2.47. The van der Waals surface area contributed by atoms with Crippen LogP contribution in [0.1, 0.15) is 38.7 Å². The Morgan fingerprint density at radius 2 is 2.18 bits per heavy atom. The van der Waals surface area contributed by atoms with Crippen molar-refractivity contribution in [2.24, 2.45) is 11.7 Å². The fourth-order valence-corrected chi connectivity index (χ4v) is 2.47. The van der Waals surface area contributed by atoms with Crippen LogP contribution in [0.3, 0.4) is 0 Å². The van der Waals surface area contributed by atoms with Crippen LogP contribution in [0.2, 0.25) is 0 Å². The van der Waals surface area contributed by atoms with E-state index in [0.29, 0.717) is 36.3 Å². The van der Waals surface area contributed by atoms with Crippen LogP contribution in [0.25, 0.3) is 0 Å². The maximum Gasteiger partial charge on any atom is 0.241 e. The summed E-state index contributed by atoms with van der Waals surface area (Å²) in [7, 11) is 0. The molecule has 0 radical (unpaired) electrons. The standard InChI is InChI=1S/C22H25N3O3/c1-3-5-16-8-10-18(12-20(16)27-14-15-6-7-15)28-21-11-9-17(13-24-21)25-22(26)19(23)4-2/h8-13,15,19H,4,6-7,14,23H2,1-2H3,(H,25,26). The van der Waals surface area contributed by atoms with Crippen molar-refractivity contribution in [2.45, 2.75) is 39.2 Å². The number of aromatic nitrogens is 1. The summed E-state index contributed by atoms with van der Waals surface area (Å²) in [5.74, 6) is 8.13. The molecule has 0 saturated heterocycles. The average molecular weight is 379 g/mol. The number of hydrogen-bond acceptors (Lipinski definition) is 5. The first-order valence-corrected chi connectivity index (χ1v) is 9.49. The minimum atomic E-state index is -0.533. The van der Waals surface area contributed by atoms with Crippen LogP contribution < -0.4 is 20.5 Å². The molecule has 1 amide bonds. The van der Waals surface area contributed by atoms with Crippen molar-refractivity contribution in [3.63, 3.8) is 0 Å². The first kappa shape index (κ1) is 19.7. The Labute approximate surface area is 165 Å². The SMILES string of the molecule is CC#Cc1ccc(Oc2ccc(NC(=O)C(N)CC)cn2)cc1OCC1CC1. The van der Waals surface area contributed by atoms with Gasteiger partial charge in [-0.15, -0.1) is 5.92 Å². The van der Waals surface area contributed by atoms with Gasteiger partial charge in [0.05, 0.1) is 30.1 Å². The number of hydrogen-bond donors (Lipinski definition) is 2. The Balaban J connectivity index is 1.67. The normalized spacial score (nSPS) is 13.8. The van der Waals surface area contributed by atoms with Crippen molar-refractivity contribution in [2.75, 3.05) is 11.9 Å². The van der Waals surface area contributed by atoms with Crippen molar-refractivity contribution < 1.29 is 14.3 Å². The zero-order valence-corrected chi connectivity index (χ0v) is 16.2. The number of nitrogens with two attached hydrogens (primary N) is 1. The number of nitrogens with one attached hydrogen (secondary N) is 1. The Morgan fingerprint density at radius 1 is 1.36 bits per heavy atom. The molecule has 1 unspecified atom stereocenters. The number of nitrogens with zero attached hydrogens (tertiary/aromatic N) is 1. The summed E-state index contributed by atoms with van der Waals surface area (Å²) in [5, 5.41) is 2.73. The Kier molecular flexibility index (Phi) is 6.51. The molecular weight excluding hydrogens is 354 g/mol. The summed E-state index contributed by atoms with van der Waals surface area (Å²) in [6.07, 6.45) is 4.56. The maximum absolute atomic E-state index is 11.8. The smallest absolute Gasteiger partial charge is 0.241 e. The van der Waals surface area contributed by atoms with Gasteiger partial charge in [-0.05, 0) is 50.3 Å². The molecular formula is C22H25N3O3. The lowest BCUT2D eigenvalue weighted by Gasteiger charge is -2.12. The monoisotopic (exact) mass is 379 g/mol. The first-order chi connectivity index (χ1) is 13.6. The van der Waals surface area contributed by atoms with Gasteiger partial charge in [0.2, 0.25) is 11.8 Å². The van der Waals surface area contributed by atoms with Crippen molar-refractivity contribution in [3.8, 4) is 29.2 Å². The summed E-state index contributed by atoms with van der Waals surface area (Å²) in [4.78, 5) is 16.1. The highest BCUT2D eigenvalue weighted by Gasteiger charge is 2.22. The lowest BCUT2D eigenvalue weighted by molar-refractivity contribution is -0.117. The zero-order valence-electron chi connectivity index (χ0n) is 16.2. The minimum absolute atomic E-state index is 0.233. The Hall–Kier alpha value is -3.04. The van der Waals surface area contributed by atoms with E-state index in [-0.39, 0.29) is 5.91 Å². The summed E-state index contributed by atoms with van der Waals surface area (Å²) in [5.41, 5.74) is 7.13. The van der Waals surface area contributed by atoms with Gasteiger partial charge in [-0.2, -0.15) is 0 Å². The van der Waals surface area contributed by atoms with Crippen molar-refractivity contribution in [1.29, 1.82) is 0 Å². The molecule has 1 saturated carbocycles. The van der Waals surface area contributed by atoms with Gasteiger partial charge in [-0.25, -0.2) is 4.98 Å². The molecule has 1 fully saturated rings. The van der Waals surface area contributed by atoms with Crippen LogP contribution in [-0.4, -0.2) is 23.5 Å². The number of pyridine rings is 1. The molecule has 0 aliphatic heterocycles. The molecule has 2 aromatic rings. The third-order valence-corrected chi connectivity index (χ3v) is 4.39. The van der Waals surface area contributed by atoms with Crippen LogP contribution in [0, 0.1) is 17.8 Å². The summed E-state index contributed by atoms with van der Waals surface area (Å²) < 4.78 is 11.8. The second-order valence-electron chi connectivity index (χ2n) is 6.78. The fraction of sp³-hybridized carbons (Fsp3) is 0.364. The quantitative estimate of drug-likeness (QED) is 0.683. The lowest BCUT2D eigenvalue weighted by Crippen LogP contribution is -2.34. The number of anilines is 1. The highest BCUT2D eigenvalue weighted by atomic mass is 16.5. The van der Waals surface area contributed by atoms with Gasteiger partial charge in [0, 0.05) is 12.1 Å². The van der Waals surface area contributed by atoms with Crippen LogP contribution >= 0.6 is 0 Å². The highest BCUT2D eigenvalue weighted by molar-refractivity contribution is 5.94. The van der Waals surface area contributed by atoms with Gasteiger partial charge in [-0.3, -0.25) is 4.79 Å². The van der Waals surface area contributed by atoms with E-state index in [1.165, 1.54) is 19.0 Å². The number of carbonyl (C=O) groups is 1. The third kappa shape index (κ3) is 5.48. The number of ether oxygens (including phenoxy) is 2. The molecule has 1 aliphatic carbocycles. The summed E-state index contributed by atoms with van der Waals surface area (Å²) in [6.45, 7) is 4.36. The Bertz CT molecular complexity index is 880. The number of amides is 1. The van der Waals surface area contributed by atoms with E-state index >= 15 is 0 Å². The van der Waals surface area contributed by atoms with Crippen LogP contribution in [0.15, 0.2) is 36.5 Å². The van der Waals surface area contributed by atoms with E-state index in [1.807, 2.05) is 25.1 Å². The van der Waals surface area contributed by atoms with Crippen molar-refractivity contribution in [1.82, 2.24) is 4.98 Å². The molecule has 6 nitrogen and oxygen atoms in total. The predicted molar refractivity (Wildman–Crippen MR) is 108 cm³/mol. The van der Waals surface area contributed by atoms with E-state index in [1.54, 1.807) is 19.1 Å². The molecule has 3 N–H and O–H groups in total. The predicted octanol–water partition coefficient (Wildman–Crippen LogP) is 3.71. The lowest BCUT2D eigenvalue weighted by atomic mass is 10.2. The molecule has 1 aromatic carbocycles. The van der Waals surface area contributed by atoms with Crippen LogP contribution in [-0.2, 0) is 4.79 Å². The van der Waals surface area contributed by atoms with Gasteiger partial charge < -0.3 is 20.5 Å². The molecule has 0 spiro atoms. The maximum atomic E-state index is 11.8. The second kappa shape index (κ2) is 9.25. The van der Waals surface area contributed by atoms with E-state index in [4.69, 9.17) is 15.2 Å². The number of benzene rings is 1. The molecule has 0 bridgehead atoms. The molecule has 3 rings (SSSR count). The summed E-state index contributed by atoms with van der Waals surface area (Å²) in [6, 6.07) is 8.44. The zero-order chi connectivity index (χ0) is 19.9. The van der Waals surface area contributed by atoms with Crippen molar-refractivity contribution >= 4 is 11.6 Å². The molecule has 6 heteroatoms. The van der Waals surface area contributed by atoms with Crippen molar-refractivity contribution in [3.05, 3.63) is 42.1 Å². The topological polar surface area (TPSA) is 86.5 Å². The van der Waals surface area contributed by atoms with Gasteiger partial charge in [0.1, 0.15) is 11.5 Å². The third-order valence-electron chi connectivity index (χ3n) is 4.39. The van der Waals surface area contributed by atoms with Gasteiger partial charge in [-0.1, -0.05) is 12.8 Å². The molecule has 28 heavy (non-hydrogen) atoms. The molecule has 1 aliphatic rings. The molecule has 146 valence electrons. The molecule has 1 atom stereocenters. The van der Waals surface area contributed by atoms with E-state index in [2.05, 4.69) is 22.1 Å². The largest absolute Gasteiger partial charge is 0.492 e. The van der Waals surface area contributed by atoms with E-state index < -0.39 is 6.04 Å². The number of carbonyl (C=O) groups excluding carboxylic acids is 1. The van der Waals surface area contributed by atoms with Gasteiger partial charge in [0.25, 0.3) is 0 Å². The highest BCUT2D eigenvalue weighted by Crippen LogP contribution is 2.32.